The molecule has 1 aliphatic rings. The van der Waals surface area contributed by atoms with Crippen LogP contribution in [-0.2, 0) is 4.79 Å². The first-order valence-corrected chi connectivity index (χ1v) is 13.5. The highest BCUT2D eigenvalue weighted by molar-refractivity contribution is 7.80. The van der Waals surface area contributed by atoms with E-state index in [2.05, 4.69) is 15.6 Å². The van der Waals surface area contributed by atoms with Gasteiger partial charge in [0.15, 0.2) is 5.11 Å². The number of ether oxygens (including phenoxy) is 1. The summed E-state index contributed by atoms with van der Waals surface area (Å²) in [5.74, 6) is 0.280. The molecule has 1 aliphatic heterocycles. The van der Waals surface area contributed by atoms with Crippen LogP contribution in [0.1, 0.15) is 41.1 Å². The summed E-state index contributed by atoms with van der Waals surface area (Å²) in [6.45, 7) is 4.22. The van der Waals surface area contributed by atoms with Crippen molar-refractivity contribution in [2.45, 2.75) is 32.4 Å². The number of para-hydroxylation sites is 1. The van der Waals surface area contributed by atoms with Gasteiger partial charge in [-0.25, -0.2) is 0 Å². The van der Waals surface area contributed by atoms with Gasteiger partial charge in [-0.3, -0.25) is 19.9 Å². The quantitative estimate of drug-likeness (QED) is 0.156. The number of amides is 1. The van der Waals surface area contributed by atoms with Crippen LogP contribution in [0, 0.1) is 24.0 Å². The Morgan fingerprint density at radius 2 is 1.88 bits per heavy atom. The molecule has 11 heteroatoms. The number of aromatic nitrogens is 2. The lowest BCUT2D eigenvalue weighted by Gasteiger charge is -2.28. The Bertz CT molecular complexity index is 1590. The van der Waals surface area contributed by atoms with Crippen LogP contribution in [0.3, 0.4) is 0 Å². The lowest BCUT2D eigenvalue weighted by atomic mass is 9.96. The van der Waals surface area contributed by atoms with Crippen LogP contribution in [0.25, 0.3) is 5.69 Å². The van der Waals surface area contributed by atoms with Gasteiger partial charge in [-0.15, -0.1) is 0 Å². The summed E-state index contributed by atoms with van der Waals surface area (Å²) in [6.07, 6.45) is 1.95. The molecule has 41 heavy (non-hydrogen) atoms. The number of benzene rings is 2. The number of aryl methyl sites for hydroxylation is 1. The molecule has 0 radical (unpaired) electrons. The number of methoxy groups -OCH3 is 1. The maximum atomic E-state index is 12.8. The van der Waals surface area contributed by atoms with Crippen LogP contribution >= 0.6 is 12.2 Å². The van der Waals surface area contributed by atoms with Gasteiger partial charge in [0.05, 0.1) is 35.9 Å². The first-order chi connectivity index (χ1) is 19.8. The fourth-order valence-corrected chi connectivity index (χ4v) is 5.71. The Morgan fingerprint density at radius 1 is 1.12 bits per heavy atom. The predicted molar refractivity (Wildman–Crippen MR) is 160 cm³/mol. The molecule has 2 atom stereocenters. The molecule has 4 aromatic rings. The minimum Gasteiger partial charge on any atom is -0.496 e. The molecule has 0 spiro atoms. The van der Waals surface area contributed by atoms with Crippen LogP contribution in [0.2, 0.25) is 0 Å². The average molecular weight is 571 g/mol. The van der Waals surface area contributed by atoms with E-state index in [1.807, 2.05) is 77.9 Å². The van der Waals surface area contributed by atoms with E-state index >= 15 is 0 Å². The number of nitrogens with one attached hydrogen (secondary N) is 2. The van der Waals surface area contributed by atoms with E-state index in [9.17, 15) is 14.9 Å². The van der Waals surface area contributed by atoms with Gasteiger partial charge in [-0.1, -0.05) is 24.3 Å². The zero-order valence-corrected chi connectivity index (χ0v) is 23.7. The second-order valence-corrected chi connectivity index (χ2v) is 10.1. The van der Waals surface area contributed by atoms with Crippen molar-refractivity contribution in [3.05, 3.63) is 112 Å². The Hall–Kier alpha value is -4.77. The predicted octanol–water partition coefficient (Wildman–Crippen LogP) is 5.41. The second kappa shape index (κ2) is 11.8. The third-order valence-electron chi connectivity index (χ3n) is 7.24. The van der Waals surface area contributed by atoms with Gasteiger partial charge in [0.25, 0.3) is 5.69 Å². The lowest BCUT2D eigenvalue weighted by Crippen LogP contribution is -2.32. The van der Waals surface area contributed by atoms with Crippen molar-refractivity contribution >= 4 is 34.6 Å². The minimum atomic E-state index is -0.406. The molecule has 0 saturated carbocycles. The van der Waals surface area contributed by atoms with E-state index in [1.165, 1.54) is 13.2 Å². The second-order valence-electron chi connectivity index (χ2n) is 9.76. The normalized spacial score (nSPS) is 16.4. The van der Waals surface area contributed by atoms with Gasteiger partial charge in [-0.05, 0) is 74.1 Å². The molecule has 210 valence electrons. The number of pyridine rings is 1. The number of carbonyl (C=O) groups is 1. The standard InChI is InChI=1S/C30H30N6O4S/c1-19-17-23(20(2)35(19)25-13-12-22(40-3)18-26(25)36(38)39)29-28(24-11-7-8-15-31-24)33-30(41)34(29)16-14-27(37)32-21-9-5-4-6-10-21/h4-13,15,17-18,28-29H,14,16H2,1-3H3,(H,32,37)(H,33,41)/t28-,29+/m1/s1. The highest BCUT2D eigenvalue weighted by Gasteiger charge is 2.41. The van der Waals surface area contributed by atoms with Gasteiger partial charge in [0.1, 0.15) is 11.4 Å². The SMILES string of the molecule is COc1ccc(-n2c(C)cc([C@H]3[C@@H](c4ccccn4)NC(=S)N3CCC(=O)Nc3ccccc3)c2C)c([N+](=O)[O-])c1. The molecule has 5 rings (SSSR count). The highest BCUT2D eigenvalue weighted by atomic mass is 32.1. The molecule has 0 unspecified atom stereocenters. The van der Waals surface area contributed by atoms with Crippen molar-refractivity contribution in [2.75, 3.05) is 19.0 Å². The molecule has 10 nitrogen and oxygen atoms in total. The van der Waals surface area contributed by atoms with Crippen molar-refractivity contribution < 1.29 is 14.5 Å². The Labute approximate surface area is 243 Å². The number of nitro benzene ring substituents is 1. The van der Waals surface area contributed by atoms with Gasteiger partial charge >= 0.3 is 0 Å². The summed E-state index contributed by atoms with van der Waals surface area (Å²) in [4.78, 5) is 31.1. The maximum Gasteiger partial charge on any atom is 0.296 e. The first-order valence-electron chi connectivity index (χ1n) is 13.1. The Balaban J connectivity index is 1.53. The molecule has 1 saturated heterocycles. The van der Waals surface area contributed by atoms with Crippen molar-refractivity contribution in [2.24, 2.45) is 0 Å². The minimum absolute atomic E-state index is 0.0616. The molecular formula is C30H30N6O4S. The third kappa shape index (κ3) is 5.62. The number of carbonyl (C=O) groups excluding carboxylic acids is 1. The zero-order chi connectivity index (χ0) is 29.1. The Kier molecular flexibility index (Phi) is 7.97. The van der Waals surface area contributed by atoms with E-state index in [0.29, 0.717) is 23.1 Å². The molecule has 1 amide bonds. The number of nitro groups is 1. The van der Waals surface area contributed by atoms with Crippen molar-refractivity contribution in [3.8, 4) is 11.4 Å². The molecule has 2 aromatic heterocycles. The summed E-state index contributed by atoms with van der Waals surface area (Å²) < 4.78 is 7.11. The monoisotopic (exact) mass is 570 g/mol. The fourth-order valence-electron chi connectivity index (χ4n) is 5.38. The lowest BCUT2D eigenvalue weighted by molar-refractivity contribution is -0.384. The van der Waals surface area contributed by atoms with E-state index in [1.54, 1.807) is 18.3 Å². The van der Waals surface area contributed by atoms with E-state index in [-0.39, 0.29) is 30.1 Å². The summed E-state index contributed by atoms with van der Waals surface area (Å²) in [5.41, 5.74) is 4.49. The third-order valence-corrected chi connectivity index (χ3v) is 7.60. The number of nitrogens with zero attached hydrogens (tertiary/aromatic N) is 4. The summed E-state index contributed by atoms with van der Waals surface area (Å²) in [5, 5.41) is 18.9. The van der Waals surface area contributed by atoms with Crippen LogP contribution in [0.4, 0.5) is 11.4 Å². The fraction of sp³-hybridized carbons (Fsp3) is 0.233. The largest absolute Gasteiger partial charge is 0.496 e. The van der Waals surface area contributed by atoms with Crippen molar-refractivity contribution in [1.82, 2.24) is 19.8 Å². The zero-order valence-electron chi connectivity index (χ0n) is 22.9. The van der Waals surface area contributed by atoms with Crippen LogP contribution in [-0.4, -0.2) is 44.0 Å². The van der Waals surface area contributed by atoms with E-state index in [4.69, 9.17) is 17.0 Å². The van der Waals surface area contributed by atoms with Crippen molar-refractivity contribution in [1.29, 1.82) is 0 Å². The summed E-state index contributed by atoms with van der Waals surface area (Å²) >= 11 is 5.78. The highest BCUT2D eigenvalue weighted by Crippen LogP contribution is 2.42. The molecule has 3 heterocycles. The molecular weight excluding hydrogens is 540 g/mol. The molecule has 2 N–H and O–H groups in total. The number of anilines is 1. The van der Waals surface area contributed by atoms with Crippen LogP contribution in [0.15, 0.2) is 79.0 Å². The average Bonchev–Trinajstić information content (AvgIpc) is 3.46. The van der Waals surface area contributed by atoms with Gasteiger partial charge < -0.3 is 24.8 Å². The number of hydrogen-bond donors (Lipinski definition) is 2. The molecule has 0 bridgehead atoms. The van der Waals surface area contributed by atoms with E-state index in [0.717, 1.165) is 28.3 Å². The first kappa shape index (κ1) is 27.8. The number of thiocarbonyl (C=S) groups is 1. The number of rotatable bonds is 9. The number of hydrogen-bond acceptors (Lipinski definition) is 6. The summed E-state index contributed by atoms with van der Waals surface area (Å²) in [7, 11) is 1.48. The molecule has 0 aliphatic carbocycles. The van der Waals surface area contributed by atoms with Crippen LogP contribution in [0.5, 0.6) is 5.75 Å². The smallest absolute Gasteiger partial charge is 0.296 e. The maximum absolute atomic E-state index is 12.8. The van der Waals surface area contributed by atoms with Crippen molar-refractivity contribution in [3.63, 3.8) is 0 Å². The van der Waals surface area contributed by atoms with Gasteiger partial charge in [0, 0.05) is 36.2 Å². The summed E-state index contributed by atoms with van der Waals surface area (Å²) in [6, 6.07) is 21.3. The van der Waals surface area contributed by atoms with Gasteiger partial charge in [0.2, 0.25) is 5.91 Å². The molecule has 1 fully saturated rings. The Morgan fingerprint density at radius 3 is 2.56 bits per heavy atom. The molecule has 2 aromatic carbocycles. The van der Waals surface area contributed by atoms with E-state index < -0.39 is 4.92 Å². The van der Waals surface area contributed by atoms with Crippen LogP contribution < -0.4 is 15.4 Å². The topological polar surface area (TPSA) is 115 Å². The van der Waals surface area contributed by atoms with Gasteiger partial charge in [-0.2, -0.15) is 0 Å².